The van der Waals surface area contributed by atoms with Crippen LogP contribution in [0.4, 0.5) is 0 Å². The second kappa shape index (κ2) is 6.80. The molecule has 0 spiro atoms. The van der Waals surface area contributed by atoms with Gasteiger partial charge in [0.2, 0.25) is 5.91 Å². The van der Waals surface area contributed by atoms with Crippen LogP contribution in [0.15, 0.2) is 0 Å². The zero-order chi connectivity index (χ0) is 15.5. The monoisotopic (exact) mass is 295 g/mol. The van der Waals surface area contributed by atoms with Crippen molar-refractivity contribution in [1.29, 1.82) is 0 Å². The topological polar surface area (TPSA) is 57.6 Å². The maximum atomic E-state index is 12.6. The Bertz CT molecular complexity index is 381. The smallest absolute Gasteiger partial charge is 0.303 e. The van der Waals surface area contributed by atoms with Crippen LogP contribution in [0.5, 0.6) is 0 Å². The Labute approximate surface area is 127 Å². The van der Waals surface area contributed by atoms with E-state index in [0.717, 1.165) is 19.4 Å². The lowest BCUT2D eigenvalue weighted by atomic mass is 9.84. The van der Waals surface area contributed by atoms with Crippen LogP contribution in [-0.2, 0) is 9.59 Å². The fourth-order valence-electron chi connectivity index (χ4n) is 3.47. The second-order valence-corrected chi connectivity index (χ2v) is 7.69. The minimum absolute atomic E-state index is 0.0562. The number of carbonyl (C=O) groups is 2. The van der Waals surface area contributed by atoms with E-state index in [0.29, 0.717) is 18.4 Å². The van der Waals surface area contributed by atoms with Crippen LogP contribution < -0.4 is 0 Å². The summed E-state index contributed by atoms with van der Waals surface area (Å²) < 4.78 is 0. The number of carbonyl (C=O) groups excluding carboxylic acids is 1. The quantitative estimate of drug-likeness (QED) is 0.782. The number of rotatable bonds is 7. The molecule has 2 aliphatic carbocycles. The van der Waals surface area contributed by atoms with Crippen LogP contribution >= 0.6 is 0 Å². The lowest BCUT2D eigenvalue weighted by Gasteiger charge is -2.32. The molecule has 4 nitrogen and oxygen atoms in total. The summed E-state index contributed by atoms with van der Waals surface area (Å²) in [5, 5.41) is 8.96. The van der Waals surface area contributed by atoms with Gasteiger partial charge in [0.25, 0.3) is 0 Å². The van der Waals surface area contributed by atoms with Crippen molar-refractivity contribution in [3.8, 4) is 0 Å². The van der Waals surface area contributed by atoms with Crippen molar-refractivity contribution in [2.24, 2.45) is 11.3 Å². The molecule has 21 heavy (non-hydrogen) atoms. The fourth-order valence-corrected chi connectivity index (χ4v) is 3.47. The Morgan fingerprint density at radius 3 is 2.19 bits per heavy atom. The number of carboxylic acid groups (broad SMARTS) is 1. The molecule has 2 rings (SSSR count). The summed E-state index contributed by atoms with van der Waals surface area (Å²) >= 11 is 0. The number of aliphatic carboxylic acids is 1. The highest BCUT2D eigenvalue weighted by molar-refractivity contribution is 5.78. The van der Waals surface area contributed by atoms with Crippen LogP contribution in [0.1, 0.15) is 71.6 Å². The number of hydrogen-bond donors (Lipinski definition) is 1. The van der Waals surface area contributed by atoms with Gasteiger partial charge in [-0.1, -0.05) is 33.1 Å². The number of hydrogen-bond acceptors (Lipinski definition) is 2. The van der Waals surface area contributed by atoms with E-state index in [1.54, 1.807) is 0 Å². The summed E-state index contributed by atoms with van der Waals surface area (Å²) in [6, 6.07) is 0.431. The summed E-state index contributed by atoms with van der Waals surface area (Å²) in [5.41, 5.74) is -0.456. The van der Waals surface area contributed by atoms with Crippen molar-refractivity contribution in [3.63, 3.8) is 0 Å². The Morgan fingerprint density at radius 1 is 1.05 bits per heavy atom. The largest absolute Gasteiger partial charge is 0.481 e. The first kappa shape index (κ1) is 16.3. The molecule has 0 aromatic rings. The Balaban J connectivity index is 1.91. The molecule has 2 aliphatic rings. The van der Waals surface area contributed by atoms with E-state index >= 15 is 0 Å². The standard InChI is InChI=1S/C17H29NO3/c1-17(2,11-16(20)21)10-15(19)18(14-8-9-14)12-13-6-4-3-5-7-13/h13-14H,3-12H2,1-2H3,(H,20,21). The molecule has 0 heterocycles. The molecule has 4 heteroatoms. The van der Waals surface area contributed by atoms with Gasteiger partial charge in [-0.15, -0.1) is 0 Å². The highest BCUT2D eigenvalue weighted by Crippen LogP contribution is 2.34. The molecule has 0 saturated heterocycles. The van der Waals surface area contributed by atoms with Crippen molar-refractivity contribution in [2.45, 2.75) is 77.7 Å². The number of carboxylic acids is 1. The molecule has 0 atom stereocenters. The van der Waals surface area contributed by atoms with Crippen LogP contribution in [0.3, 0.4) is 0 Å². The molecule has 2 saturated carbocycles. The molecule has 0 radical (unpaired) electrons. The van der Waals surface area contributed by atoms with Crippen molar-refractivity contribution in [3.05, 3.63) is 0 Å². The molecular weight excluding hydrogens is 266 g/mol. The highest BCUT2D eigenvalue weighted by Gasteiger charge is 2.36. The van der Waals surface area contributed by atoms with Gasteiger partial charge in [-0.2, -0.15) is 0 Å². The second-order valence-electron chi connectivity index (χ2n) is 7.69. The summed E-state index contributed by atoms with van der Waals surface area (Å²) in [5.74, 6) is -0.00161. The van der Waals surface area contributed by atoms with Gasteiger partial charge in [0.15, 0.2) is 0 Å². The van der Waals surface area contributed by atoms with Gasteiger partial charge in [0, 0.05) is 19.0 Å². The zero-order valence-electron chi connectivity index (χ0n) is 13.4. The van der Waals surface area contributed by atoms with E-state index in [-0.39, 0.29) is 12.3 Å². The Hall–Kier alpha value is -1.06. The van der Waals surface area contributed by atoms with Crippen LogP contribution in [-0.4, -0.2) is 34.5 Å². The fraction of sp³-hybridized carbons (Fsp3) is 0.882. The summed E-state index contributed by atoms with van der Waals surface area (Å²) in [7, 11) is 0. The lowest BCUT2D eigenvalue weighted by Crippen LogP contribution is -2.40. The molecule has 0 bridgehead atoms. The highest BCUT2D eigenvalue weighted by atomic mass is 16.4. The van der Waals surface area contributed by atoms with Gasteiger partial charge >= 0.3 is 5.97 Å². The van der Waals surface area contributed by atoms with Gasteiger partial charge in [0.05, 0.1) is 6.42 Å². The minimum atomic E-state index is -0.821. The maximum absolute atomic E-state index is 12.6. The van der Waals surface area contributed by atoms with Gasteiger partial charge in [-0.25, -0.2) is 0 Å². The lowest BCUT2D eigenvalue weighted by molar-refractivity contribution is -0.141. The van der Waals surface area contributed by atoms with Gasteiger partial charge in [-0.05, 0) is 37.0 Å². The third kappa shape index (κ3) is 5.33. The number of nitrogens with zero attached hydrogens (tertiary/aromatic N) is 1. The average Bonchev–Trinajstić information content (AvgIpc) is 3.19. The summed E-state index contributed by atoms with van der Waals surface area (Å²) in [4.78, 5) is 25.6. The molecular formula is C17H29NO3. The van der Waals surface area contributed by atoms with E-state index in [2.05, 4.69) is 4.90 Å². The van der Waals surface area contributed by atoms with E-state index < -0.39 is 11.4 Å². The van der Waals surface area contributed by atoms with Crippen LogP contribution in [0.25, 0.3) is 0 Å². The van der Waals surface area contributed by atoms with Crippen molar-refractivity contribution in [2.75, 3.05) is 6.54 Å². The Morgan fingerprint density at radius 2 is 1.67 bits per heavy atom. The number of amides is 1. The van der Waals surface area contributed by atoms with E-state index in [4.69, 9.17) is 5.11 Å². The predicted molar refractivity (Wildman–Crippen MR) is 82.0 cm³/mol. The van der Waals surface area contributed by atoms with Gasteiger partial charge in [-0.3, -0.25) is 9.59 Å². The molecule has 2 fully saturated rings. The molecule has 120 valence electrons. The molecule has 0 unspecified atom stereocenters. The first-order valence-corrected chi connectivity index (χ1v) is 8.39. The molecule has 1 amide bonds. The SMILES string of the molecule is CC(C)(CC(=O)O)CC(=O)N(CC1CCCCC1)C1CC1. The minimum Gasteiger partial charge on any atom is -0.481 e. The van der Waals surface area contributed by atoms with Gasteiger partial charge < -0.3 is 10.0 Å². The van der Waals surface area contributed by atoms with Crippen molar-refractivity contribution in [1.82, 2.24) is 4.90 Å². The average molecular weight is 295 g/mol. The van der Waals surface area contributed by atoms with Crippen molar-refractivity contribution < 1.29 is 14.7 Å². The predicted octanol–water partition coefficient (Wildman–Crippen LogP) is 3.45. The van der Waals surface area contributed by atoms with Crippen LogP contribution in [0, 0.1) is 11.3 Å². The first-order valence-electron chi connectivity index (χ1n) is 8.39. The van der Waals surface area contributed by atoms with E-state index in [9.17, 15) is 9.59 Å². The molecule has 0 aromatic carbocycles. The normalized spacial score (nSPS) is 20.3. The third-order valence-corrected chi connectivity index (χ3v) is 4.75. The third-order valence-electron chi connectivity index (χ3n) is 4.75. The maximum Gasteiger partial charge on any atom is 0.303 e. The molecule has 1 N–H and O–H groups in total. The van der Waals surface area contributed by atoms with E-state index in [1.807, 2.05) is 13.8 Å². The van der Waals surface area contributed by atoms with Crippen molar-refractivity contribution >= 4 is 11.9 Å². The van der Waals surface area contributed by atoms with E-state index in [1.165, 1.54) is 32.1 Å². The summed E-state index contributed by atoms with van der Waals surface area (Å²) in [6.45, 7) is 4.65. The molecule has 0 aromatic heterocycles. The Kier molecular flexibility index (Phi) is 5.28. The molecule has 0 aliphatic heterocycles. The van der Waals surface area contributed by atoms with Gasteiger partial charge in [0.1, 0.15) is 0 Å². The zero-order valence-corrected chi connectivity index (χ0v) is 13.4. The first-order chi connectivity index (χ1) is 9.87. The van der Waals surface area contributed by atoms with Crippen LogP contribution in [0.2, 0.25) is 0 Å². The summed E-state index contributed by atoms with van der Waals surface area (Å²) in [6.07, 6.45) is 9.06.